The van der Waals surface area contributed by atoms with E-state index in [1.54, 1.807) is 0 Å². The largest absolute Gasteiger partial charge is 0.905 e. The van der Waals surface area contributed by atoms with Gasteiger partial charge in [0.05, 0.1) is 19.8 Å². The lowest BCUT2D eigenvalue weighted by Gasteiger charge is -2.21. The molecule has 0 aliphatic heterocycles. The first-order chi connectivity index (χ1) is 8.29. The second-order valence-corrected chi connectivity index (χ2v) is 26.4. The summed E-state index contributed by atoms with van der Waals surface area (Å²) in [6.07, 6.45) is 0. The van der Waals surface area contributed by atoms with Gasteiger partial charge in [-0.15, -0.1) is 0 Å². The highest BCUT2D eigenvalue weighted by atomic mass is 80.0. The second kappa shape index (κ2) is 10.7. The van der Waals surface area contributed by atoms with Crippen LogP contribution in [0.15, 0.2) is 0 Å². The molecule has 0 N–H and O–H groups in total. The van der Waals surface area contributed by atoms with Gasteiger partial charge >= 0.3 is 15.1 Å². The molecule has 0 spiro atoms. The van der Waals surface area contributed by atoms with Crippen molar-refractivity contribution in [3.05, 3.63) is 0 Å². The maximum Gasteiger partial charge on any atom is 0.905 e. The van der Waals surface area contributed by atoms with Gasteiger partial charge in [-0.2, -0.15) is 0 Å². The van der Waals surface area contributed by atoms with E-state index < -0.39 is 21.6 Å². The fourth-order valence-corrected chi connectivity index (χ4v) is 5.46. The van der Waals surface area contributed by atoms with Crippen LogP contribution in [-0.4, -0.2) is 41.4 Å². The summed E-state index contributed by atoms with van der Waals surface area (Å²) in [5, 5.41) is 0. The van der Waals surface area contributed by atoms with E-state index in [1.807, 2.05) is 0 Å². The van der Waals surface area contributed by atoms with Crippen LogP contribution in [0.1, 0.15) is 0 Å². The molecule has 0 aromatic heterocycles. The standard InChI is InChI=1S/3C2H2Br3O.Al/c3*3-2(4,5)1-6;/h3*1H2;/q3*-1;+3. The molecule has 0 atom stereocenters. The van der Waals surface area contributed by atoms with Gasteiger partial charge < -0.3 is 11.4 Å². The Hall–Kier alpha value is 4.73. The SMILES string of the molecule is BrC(Br)(Br)C[O][Al]([O]CC(Br)(Br)Br)[O]CC(Br)(Br)Br. The normalized spacial score (nSPS) is 13.7. The predicted octanol–water partition coefficient (Wildman–Crippen LogP) is 6.54. The lowest BCUT2D eigenvalue weighted by molar-refractivity contribution is 0.104. The van der Waals surface area contributed by atoms with Crippen molar-refractivity contribution in [3.8, 4) is 0 Å². The summed E-state index contributed by atoms with van der Waals surface area (Å²) in [5.74, 6) is 0. The monoisotopic (exact) mass is 863 g/mol. The minimum Gasteiger partial charge on any atom is -0.452 e. The van der Waals surface area contributed by atoms with Gasteiger partial charge in [0.2, 0.25) is 0 Å². The Morgan fingerprint density at radius 3 is 0.895 bits per heavy atom. The van der Waals surface area contributed by atoms with Crippen molar-refractivity contribution in [3.63, 3.8) is 0 Å². The maximum atomic E-state index is 5.63. The van der Waals surface area contributed by atoms with Gasteiger partial charge in [-0.25, -0.2) is 0 Å². The molecule has 0 rings (SSSR count). The Labute approximate surface area is 192 Å². The Balaban J connectivity index is 4.30. The lowest BCUT2D eigenvalue weighted by Crippen LogP contribution is -2.35. The van der Waals surface area contributed by atoms with E-state index in [0.29, 0.717) is 19.8 Å². The highest BCUT2D eigenvalue weighted by Gasteiger charge is 2.38. The smallest absolute Gasteiger partial charge is 0.452 e. The molecule has 0 saturated carbocycles. The maximum absolute atomic E-state index is 5.63. The molecule has 0 aromatic carbocycles. The number of hydrogen-bond acceptors (Lipinski definition) is 3. The predicted molar refractivity (Wildman–Crippen MR) is 112 cm³/mol. The first kappa shape index (κ1) is 23.7. The highest BCUT2D eigenvalue weighted by Crippen LogP contribution is 2.36. The minimum absolute atomic E-state index is 0.337. The van der Waals surface area contributed by atoms with Crippen molar-refractivity contribution in [2.24, 2.45) is 0 Å². The minimum atomic E-state index is -2.30. The van der Waals surface area contributed by atoms with E-state index in [0.717, 1.165) is 0 Å². The average Bonchev–Trinajstić information content (AvgIpc) is 2.11. The molecule has 0 aliphatic carbocycles. The van der Waals surface area contributed by atoms with E-state index >= 15 is 0 Å². The van der Waals surface area contributed by atoms with Crippen LogP contribution in [0.25, 0.3) is 0 Å². The summed E-state index contributed by atoms with van der Waals surface area (Å²) < 4.78 is 15.4. The van der Waals surface area contributed by atoms with Crippen molar-refractivity contribution < 1.29 is 11.4 Å². The van der Waals surface area contributed by atoms with Gasteiger partial charge in [0, 0.05) is 0 Å². The van der Waals surface area contributed by atoms with Crippen molar-refractivity contribution >= 4 is 159 Å². The summed E-state index contributed by atoms with van der Waals surface area (Å²) in [6.45, 7) is 1.01. The van der Waals surface area contributed by atoms with Crippen molar-refractivity contribution in [2.75, 3.05) is 19.8 Å². The van der Waals surface area contributed by atoms with Gasteiger partial charge in [-0.05, 0) is 0 Å². The fourth-order valence-electron chi connectivity index (χ4n) is 0.632. The molecule has 0 aromatic rings. The van der Waals surface area contributed by atoms with Gasteiger partial charge in [-0.3, -0.25) is 0 Å². The molecule has 0 fully saturated rings. The number of halogens is 9. The van der Waals surface area contributed by atoms with Gasteiger partial charge in [0.1, 0.15) is 0 Å². The van der Waals surface area contributed by atoms with Crippen LogP contribution in [-0.2, 0) is 11.4 Å². The van der Waals surface area contributed by atoms with E-state index in [-0.39, 0.29) is 0 Å². The molecule has 0 radical (unpaired) electrons. The third-order valence-corrected chi connectivity index (χ3v) is 4.53. The van der Waals surface area contributed by atoms with Crippen LogP contribution in [0.5, 0.6) is 0 Å². The quantitative estimate of drug-likeness (QED) is 0.225. The first-order valence-electron chi connectivity index (χ1n) is 4.33. The molecular weight excluding hydrogens is 866 g/mol. The van der Waals surface area contributed by atoms with Gasteiger partial charge in [-0.1, -0.05) is 143 Å². The molecule has 0 heterocycles. The van der Waals surface area contributed by atoms with Crippen LogP contribution in [0.2, 0.25) is 0 Å². The molecule has 13 heteroatoms. The zero-order valence-electron chi connectivity index (χ0n) is 8.83. The van der Waals surface area contributed by atoms with E-state index in [4.69, 9.17) is 11.4 Å². The van der Waals surface area contributed by atoms with Gasteiger partial charge in [0.15, 0.2) is 6.43 Å². The van der Waals surface area contributed by atoms with Crippen molar-refractivity contribution in [2.45, 2.75) is 6.43 Å². The number of rotatable bonds is 6. The second-order valence-electron chi connectivity index (χ2n) is 3.07. The van der Waals surface area contributed by atoms with Crippen LogP contribution in [0.3, 0.4) is 0 Å². The Bertz CT molecular complexity index is 217. The lowest BCUT2D eigenvalue weighted by atomic mass is 10.9. The summed E-state index contributed by atoms with van der Waals surface area (Å²) in [6, 6.07) is 0. The van der Waals surface area contributed by atoms with Crippen molar-refractivity contribution in [1.29, 1.82) is 0 Å². The van der Waals surface area contributed by atoms with Crippen LogP contribution in [0, 0.1) is 0 Å². The third-order valence-electron chi connectivity index (χ3n) is 1.15. The van der Waals surface area contributed by atoms with E-state index in [1.165, 1.54) is 0 Å². The Kier molecular flexibility index (Phi) is 13.3. The molecule has 0 amide bonds. The third kappa shape index (κ3) is 18.9. The first-order valence-corrected chi connectivity index (χ1v) is 12.9. The summed E-state index contributed by atoms with van der Waals surface area (Å²) >= 11 is 27.9. The molecule has 3 nitrogen and oxygen atoms in total. The molecule has 0 bridgehead atoms. The molecular formula is C6H6AlBr9O3. The van der Waals surface area contributed by atoms with Crippen LogP contribution < -0.4 is 0 Å². The average molecular weight is 872 g/mol. The van der Waals surface area contributed by atoms with Crippen molar-refractivity contribution in [1.82, 2.24) is 0 Å². The van der Waals surface area contributed by atoms with Gasteiger partial charge in [0.25, 0.3) is 0 Å². The molecule has 19 heavy (non-hydrogen) atoms. The number of alkyl halides is 9. The summed E-state index contributed by atoms with van der Waals surface area (Å²) in [5.41, 5.74) is 0. The molecule has 114 valence electrons. The van der Waals surface area contributed by atoms with Crippen LogP contribution >= 0.6 is 143 Å². The topological polar surface area (TPSA) is 27.7 Å². The summed E-state index contributed by atoms with van der Waals surface area (Å²) in [4.78, 5) is 0. The Morgan fingerprint density at radius 2 is 0.737 bits per heavy atom. The molecule has 0 saturated heterocycles. The van der Waals surface area contributed by atoms with E-state index in [2.05, 4.69) is 143 Å². The number of hydrogen-bond donors (Lipinski definition) is 0. The molecule has 0 aliphatic rings. The summed E-state index contributed by atoms with van der Waals surface area (Å²) in [7, 11) is 0. The van der Waals surface area contributed by atoms with E-state index in [9.17, 15) is 0 Å². The molecule has 0 unspecified atom stereocenters. The highest BCUT2D eigenvalue weighted by molar-refractivity contribution is 9.40. The Morgan fingerprint density at radius 1 is 0.526 bits per heavy atom. The zero-order chi connectivity index (χ0) is 15.3. The zero-order valence-corrected chi connectivity index (χ0v) is 24.3. The van der Waals surface area contributed by atoms with Crippen LogP contribution in [0.4, 0.5) is 0 Å². The fraction of sp³-hybridized carbons (Fsp3) is 1.00.